The van der Waals surface area contributed by atoms with E-state index >= 15 is 0 Å². The van der Waals surface area contributed by atoms with Gasteiger partial charge in [0.25, 0.3) is 11.8 Å². The number of hydrogen-bond acceptors (Lipinski definition) is 5. The molecule has 0 aliphatic carbocycles. The van der Waals surface area contributed by atoms with Gasteiger partial charge in [-0.1, -0.05) is 23.7 Å². The van der Waals surface area contributed by atoms with E-state index < -0.39 is 29.6 Å². The van der Waals surface area contributed by atoms with Crippen molar-refractivity contribution in [1.29, 1.82) is 0 Å². The van der Waals surface area contributed by atoms with Crippen LogP contribution in [0.4, 0.5) is 10.1 Å². The first-order valence-corrected chi connectivity index (χ1v) is 8.51. The topological polar surface area (TPSA) is 117 Å². The van der Waals surface area contributed by atoms with Crippen LogP contribution in [0.15, 0.2) is 53.6 Å². The number of hydrazone groups is 1. The first kappa shape index (κ1) is 19.3. The summed E-state index contributed by atoms with van der Waals surface area (Å²) in [7, 11) is 0. The highest BCUT2D eigenvalue weighted by Gasteiger charge is 2.35. The molecule has 0 bridgehead atoms. The Morgan fingerprint density at radius 2 is 1.71 bits per heavy atom. The maximum atomic E-state index is 13.1. The van der Waals surface area contributed by atoms with Gasteiger partial charge in [0.1, 0.15) is 17.6 Å². The predicted molar refractivity (Wildman–Crippen MR) is 101 cm³/mol. The SMILES string of the molecule is NC(=O)[C@@H]1CC(C(=O)NNC(=O)c2ccccc2Cl)=NN1c1ccc(F)cc1. The van der Waals surface area contributed by atoms with Gasteiger partial charge in [-0.15, -0.1) is 0 Å². The summed E-state index contributed by atoms with van der Waals surface area (Å²) < 4.78 is 13.1. The smallest absolute Gasteiger partial charge is 0.285 e. The van der Waals surface area contributed by atoms with Gasteiger partial charge >= 0.3 is 0 Å². The molecule has 144 valence electrons. The number of hydrazine groups is 1. The Bertz CT molecular complexity index is 964. The lowest BCUT2D eigenvalue weighted by Gasteiger charge is -2.20. The molecule has 1 aliphatic heterocycles. The highest BCUT2D eigenvalue weighted by atomic mass is 35.5. The van der Waals surface area contributed by atoms with Gasteiger partial charge in [0.2, 0.25) is 5.91 Å². The van der Waals surface area contributed by atoms with Crippen LogP contribution in [0.3, 0.4) is 0 Å². The van der Waals surface area contributed by atoms with E-state index in [0.29, 0.717) is 5.69 Å². The second-order valence-electron chi connectivity index (χ2n) is 5.88. The summed E-state index contributed by atoms with van der Waals surface area (Å²) in [5.74, 6) is -2.48. The number of rotatable bonds is 4. The summed E-state index contributed by atoms with van der Waals surface area (Å²) in [4.78, 5) is 36.2. The first-order valence-electron chi connectivity index (χ1n) is 8.13. The molecule has 8 nitrogen and oxygen atoms in total. The van der Waals surface area contributed by atoms with Crippen molar-refractivity contribution in [2.24, 2.45) is 10.8 Å². The molecular weight excluding hydrogens is 389 g/mol. The van der Waals surface area contributed by atoms with E-state index in [1.54, 1.807) is 12.1 Å². The van der Waals surface area contributed by atoms with Crippen molar-refractivity contribution >= 4 is 40.7 Å². The standard InChI is InChI=1S/C18H15ClFN5O3/c19-13-4-2-1-3-12(13)17(27)22-23-18(28)14-9-15(16(21)26)25(24-14)11-7-5-10(20)6-8-11/h1-8,15H,9H2,(H2,21,26)(H,22,27)(H,23,28)/t15-/m0/s1. The van der Waals surface area contributed by atoms with Crippen LogP contribution in [0.1, 0.15) is 16.8 Å². The number of primary amides is 1. The van der Waals surface area contributed by atoms with E-state index in [9.17, 15) is 18.8 Å². The summed E-state index contributed by atoms with van der Waals surface area (Å²) in [5, 5.41) is 5.56. The van der Waals surface area contributed by atoms with E-state index in [1.807, 2.05) is 0 Å². The number of benzene rings is 2. The molecule has 1 aliphatic rings. The van der Waals surface area contributed by atoms with Crippen LogP contribution >= 0.6 is 11.6 Å². The van der Waals surface area contributed by atoms with Crippen LogP contribution < -0.4 is 21.6 Å². The number of nitrogens with two attached hydrogens (primary N) is 1. The fraction of sp³-hybridized carbons (Fsp3) is 0.111. The predicted octanol–water partition coefficient (Wildman–Crippen LogP) is 1.36. The number of amides is 3. The number of halogens is 2. The van der Waals surface area contributed by atoms with Gasteiger partial charge < -0.3 is 5.73 Å². The lowest BCUT2D eigenvalue weighted by molar-refractivity contribution is -0.119. The minimum Gasteiger partial charge on any atom is -0.368 e. The van der Waals surface area contributed by atoms with Crippen molar-refractivity contribution in [1.82, 2.24) is 10.9 Å². The zero-order valence-corrected chi connectivity index (χ0v) is 15.1. The minimum atomic E-state index is -0.912. The van der Waals surface area contributed by atoms with Crippen LogP contribution in [0.25, 0.3) is 0 Å². The lowest BCUT2D eigenvalue weighted by atomic mass is 10.1. The second-order valence-corrected chi connectivity index (χ2v) is 6.29. The summed E-state index contributed by atoms with van der Waals surface area (Å²) in [6.45, 7) is 0. The number of nitrogens with one attached hydrogen (secondary N) is 2. The van der Waals surface area contributed by atoms with Crippen molar-refractivity contribution in [2.75, 3.05) is 5.01 Å². The van der Waals surface area contributed by atoms with Crippen molar-refractivity contribution in [2.45, 2.75) is 12.5 Å². The maximum absolute atomic E-state index is 13.1. The zero-order valence-electron chi connectivity index (χ0n) is 14.4. The van der Waals surface area contributed by atoms with Crippen molar-refractivity contribution < 1.29 is 18.8 Å². The number of nitrogens with zero attached hydrogens (tertiary/aromatic N) is 2. The highest BCUT2D eigenvalue weighted by Crippen LogP contribution is 2.24. The fourth-order valence-electron chi connectivity index (χ4n) is 2.60. The minimum absolute atomic E-state index is 0.0208. The molecule has 2 aromatic rings. The number of carbonyl (C=O) groups excluding carboxylic acids is 3. The quantitative estimate of drug-likeness (QED) is 0.668. The molecule has 3 rings (SSSR count). The van der Waals surface area contributed by atoms with Crippen LogP contribution in [0, 0.1) is 5.82 Å². The van der Waals surface area contributed by atoms with Crippen LogP contribution in [-0.2, 0) is 9.59 Å². The Morgan fingerprint density at radius 1 is 1.07 bits per heavy atom. The van der Waals surface area contributed by atoms with Gasteiger partial charge in [-0.25, -0.2) is 4.39 Å². The van der Waals surface area contributed by atoms with E-state index in [4.69, 9.17) is 17.3 Å². The third kappa shape index (κ3) is 4.09. The molecular formula is C18H15ClFN5O3. The molecule has 0 unspecified atom stereocenters. The molecule has 3 amide bonds. The van der Waals surface area contributed by atoms with Gasteiger partial charge in [-0.2, -0.15) is 5.10 Å². The Morgan fingerprint density at radius 3 is 2.36 bits per heavy atom. The van der Waals surface area contributed by atoms with E-state index in [-0.39, 0.29) is 22.7 Å². The third-order valence-electron chi connectivity index (χ3n) is 4.00. The third-order valence-corrected chi connectivity index (χ3v) is 4.33. The summed E-state index contributed by atoms with van der Waals surface area (Å²) in [6.07, 6.45) is -0.0689. The Balaban J connectivity index is 1.71. The molecule has 0 saturated carbocycles. The molecule has 28 heavy (non-hydrogen) atoms. The van der Waals surface area contributed by atoms with Crippen LogP contribution in [0.5, 0.6) is 0 Å². The molecule has 10 heteroatoms. The highest BCUT2D eigenvalue weighted by molar-refractivity contribution is 6.40. The van der Waals surface area contributed by atoms with E-state index in [2.05, 4.69) is 16.0 Å². The molecule has 0 fully saturated rings. The molecule has 0 radical (unpaired) electrons. The fourth-order valence-corrected chi connectivity index (χ4v) is 2.82. The maximum Gasteiger partial charge on any atom is 0.285 e. The number of carbonyl (C=O) groups is 3. The average Bonchev–Trinajstić information content (AvgIpc) is 3.12. The Labute approximate surface area is 164 Å². The van der Waals surface area contributed by atoms with Gasteiger partial charge in [0.05, 0.1) is 16.3 Å². The average molecular weight is 404 g/mol. The Hall–Kier alpha value is -3.46. The van der Waals surface area contributed by atoms with Crippen LogP contribution in [-0.4, -0.2) is 29.5 Å². The van der Waals surface area contributed by atoms with Crippen molar-refractivity contribution in [3.05, 3.63) is 64.9 Å². The molecule has 1 heterocycles. The van der Waals surface area contributed by atoms with E-state index in [1.165, 1.54) is 41.4 Å². The molecule has 0 spiro atoms. The van der Waals surface area contributed by atoms with Crippen LogP contribution in [0.2, 0.25) is 5.02 Å². The summed E-state index contributed by atoms with van der Waals surface area (Å²) in [5.41, 5.74) is 10.4. The lowest BCUT2D eigenvalue weighted by Crippen LogP contribution is -2.45. The van der Waals surface area contributed by atoms with Gasteiger partial charge in [0.15, 0.2) is 0 Å². The monoisotopic (exact) mass is 403 g/mol. The number of anilines is 1. The number of hydrogen-bond donors (Lipinski definition) is 3. The summed E-state index contributed by atoms with van der Waals surface area (Å²) in [6, 6.07) is 10.6. The summed E-state index contributed by atoms with van der Waals surface area (Å²) >= 11 is 5.93. The molecule has 0 saturated heterocycles. The van der Waals surface area contributed by atoms with Gasteiger partial charge in [0, 0.05) is 6.42 Å². The molecule has 1 atom stereocenters. The van der Waals surface area contributed by atoms with Crippen molar-refractivity contribution in [3.8, 4) is 0 Å². The van der Waals surface area contributed by atoms with E-state index in [0.717, 1.165) is 0 Å². The largest absolute Gasteiger partial charge is 0.368 e. The zero-order chi connectivity index (χ0) is 20.3. The second kappa shape index (κ2) is 8.05. The van der Waals surface area contributed by atoms with Crippen molar-refractivity contribution in [3.63, 3.8) is 0 Å². The van der Waals surface area contributed by atoms with Gasteiger partial charge in [-0.05, 0) is 36.4 Å². The van der Waals surface area contributed by atoms with Gasteiger partial charge in [-0.3, -0.25) is 30.2 Å². The molecule has 4 N–H and O–H groups in total. The normalized spacial score (nSPS) is 15.7. The Kier molecular flexibility index (Phi) is 5.55. The molecule has 2 aromatic carbocycles. The first-order chi connectivity index (χ1) is 13.4. The molecule has 0 aromatic heterocycles.